The fourth-order valence-electron chi connectivity index (χ4n) is 3.69. The van der Waals surface area contributed by atoms with Gasteiger partial charge < -0.3 is 9.32 Å². The number of rotatable bonds is 2. The van der Waals surface area contributed by atoms with Crippen LogP contribution in [0.1, 0.15) is 33.0 Å². The van der Waals surface area contributed by atoms with E-state index >= 15 is 0 Å². The number of aryl methyl sites for hydroxylation is 2. The lowest BCUT2D eigenvalue weighted by molar-refractivity contribution is 0.0217. The molecule has 1 aromatic carbocycles. The van der Waals surface area contributed by atoms with Crippen molar-refractivity contribution in [3.05, 3.63) is 58.5 Å². The molecular formula is C19H22N2O2. The number of hydrogen-bond acceptors (Lipinski definition) is 3. The number of hydrogen-bond donors (Lipinski definition) is 0. The molecule has 2 aliphatic heterocycles. The van der Waals surface area contributed by atoms with Crippen LogP contribution in [0.5, 0.6) is 0 Å². The van der Waals surface area contributed by atoms with Gasteiger partial charge in [-0.1, -0.05) is 24.3 Å². The first-order valence-electron chi connectivity index (χ1n) is 8.29. The predicted octanol–water partition coefficient (Wildman–Crippen LogP) is 2.78. The number of carbonyl (C=O) groups excluding carboxylic acids is 1. The monoisotopic (exact) mass is 310 g/mol. The SMILES string of the molecule is Cc1cc(C(=O)N2CC(N3CCc4ccccc4C3)C2)c(C)o1. The number of amides is 1. The summed E-state index contributed by atoms with van der Waals surface area (Å²) in [6, 6.07) is 11.0. The minimum atomic E-state index is 0.105. The third-order valence-electron chi connectivity index (χ3n) is 5.10. The number of benzene rings is 1. The molecule has 2 aliphatic rings. The third-order valence-corrected chi connectivity index (χ3v) is 5.10. The van der Waals surface area contributed by atoms with E-state index in [1.165, 1.54) is 11.1 Å². The Balaban J connectivity index is 1.39. The van der Waals surface area contributed by atoms with Gasteiger partial charge in [0.05, 0.1) is 5.56 Å². The van der Waals surface area contributed by atoms with E-state index in [-0.39, 0.29) is 5.91 Å². The molecule has 1 aromatic heterocycles. The maximum Gasteiger partial charge on any atom is 0.257 e. The minimum absolute atomic E-state index is 0.105. The molecule has 4 nitrogen and oxygen atoms in total. The fraction of sp³-hybridized carbons (Fsp3) is 0.421. The molecule has 0 saturated carbocycles. The topological polar surface area (TPSA) is 36.7 Å². The Labute approximate surface area is 136 Å². The van der Waals surface area contributed by atoms with E-state index in [1.807, 2.05) is 24.8 Å². The van der Waals surface area contributed by atoms with Gasteiger partial charge in [0.1, 0.15) is 11.5 Å². The van der Waals surface area contributed by atoms with Crippen LogP contribution in [0.3, 0.4) is 0 Å². The van der Waals surface area contributed by atoms with E-state index in [1.54, 1.807) is 0 Å². The average Bonchev–Trinajstić information content (AvgIpc) is 2.84. The van der Waals surface area contributed by atoms with E-state index < -0.39 is 0 Å². The summed E-state index contributed by atoms with van der Waals surface area (Å²) in [5.41, 5.74) is 3.62. The van der Waals surface area contributed by atoms with Crippen molar-refractivity contribution in [2.45, 2.75) is 32.9 Å². The van der Waals surface area contributed by atoms with E-state index in [2.05, 4.69) is 29.2 Å². The lowest BCUT2D eigenvalue weighted by atomic mass is 9.96. The summed E-state index contributed by atoms with van der Waals surface area (Å²) in [4.78, 5) is 17.0. The highest BCUT2D eigenvalue weighted by Crippen LogP contribution is 2.26. The Morgan fingerprint density at radius 2 is 1.91 bits per heavy atom. The molecule has 4 rings (SSSR count). The zero-order chi connectivity index (χ0) is 16.0. The molecule has 4 heteroatoms. The highest BCUT2D eigenvalue weighted by Gasteiger charge is 2.37. The van der Waals surface area contributed by atoms with Crippen LogP contribution in [0.4, 0.5) is 0 Å². The second-order valence-electron chi connectivity index (χ2n) is 6.68. The third kappa shape index (κ3) is 2.57. The summed E-state index contributed by atoms with van der Waals surface area (Å²) in [5, 5.41) is 0. The maximum atomic E-state index is 12.5. The van der Waals surface area contributed by atoms with Crippen molar-refractivity contribution in [1.82, 2.24) is 9.80 Å². The molecule has 0 spiro atoms. The summed E-state index contributed by atoms with van der Waals surface area (Å²) >= 11 is 0. The summed E-state index contributed by atoms with van der Waals surface area (Å²) in [5.74, 6) is 1.63. The maximum absolute atomic E-state index is 12.5. The second-order valence-corrected chi connectivity index (χ2v) is 6.68. The Morgan fingerprint density at radius 3 is 2.61 bits per heavy atom. The molecule has 0 N–H and O–H groups in total. The number of furan rings is 1. The van der Waals surface area contributed by atoms with Gasteiger partial charge >= 0.3 is 0 Å². The van der Waals surface area contributed by atoms with Crippen LogP contribution in [0.25, 0.3) is 0 Å². The van der Waals surface area contributed by atoms with E-state index in [4.69, 9.17) is 4.42 Å². The zero-order valence-electron chi connectivity index (χ0n) is 13.7. The Bertz CT molecular complexity index is 744. The van der Waals surface area contributed by atoms with Crippen LogP contribution >= 0.6 is 0 Å². The molecule has 1 saturated heterocycles. The largest absolute Gasteiger partial charge is 0.466 e. The van der Waals surface area contributed by atoms with E-state index in [9.17, 15) is 4.79 Å². The van der Waals surface area contributed by atoms with Gasteiger partial charge in [0.15, 0.2) is 0 Å². The molecule has 0 aliphatic carbocycles. The number of carbonyl (C=O) groups is 1. The van der Waals surface area contributed by atoms with Crippen molar-refractivity contribution in [3.63, 3.8) is 0 Å². The van der Waals surface area contributed by atoms with Crippen LogP contribution in [-0.2, 0) is 13.0 Å². The molecule has 23 heavy (non-hydrogen) atoms. The second kappa shape index (κ2) is 5.53. The van der Waals surface area contributed by atoms with Gasteiger partial charge in [0, 0.05) is 32.2 Å². The average molecular weight is 310 g/mol. The van der Waals surface area contributed by atoms with Crippen molar-refractivity contribution in [2.75, 3.05) is 19.6 Å². The van der Waals surface area contributed by atoms with Gasteiger partial charge in [0.2, 0.25) is 0 Å². The van der Waals surface area contributed by atoms with E-state index in [0.717, 1.165) is 44.1 Å². The van der Waals surface area contributed by atoms with Gasteiger partial charge in [-0.25, -0.2) is 0 Å². The molecular weight excluding hydrogens is 288 g/mol. The number of nitrogens with zero attached hydrogens (tertiary/aromatic N) is 2. The van der Waals surface area contributed by atoms with Gasteiger partial charge in [-0.05, 0) is 37.5 Å². The fourth-order valence-corrected chi connectivity index (χ4v) is 3.69. The van der Waals surface area contributed by atoms with Gasteiger partial charge in [0.25, 0.3) is 5.91 Å². The molecule has 2 aromatic rings. The molecule has 0 unspecified atom stereocenters. The summed E-state index contributed by atoms with van der Waals surface area (Å²) < 4.78 is 5.48. The number of fused-ring (bicyclic) bond motifs is 1. The molecule has 1 fully saturated rings. The van der Waals surface area contributed by atoms with Crippen molar-refractivity contribution < 1.29 is 9.21 Å². The highest BCUT2D eigenvalue weighted by atomic mass is 16.3. The quantitative estimate of drug-likeness (QED) is 0.856. The smallest absolute Gasteiger partial charge is 0.257 e. The summed E-state index contributed by atoms with van der Waals surface area (Å²) in [7, 11) is 0. The standard InChI is InChI=1S/C19H22N2O2/c1-13-9-18(14(2)23-13)19(22)21-11-17(12-21)20-8-7-15-5-3-4-6-16(15)10-20/h3-6,9,17H,7-8,10-12H2,1-2H3. The summed E-state index contributed by atoms with van der Waals surface area (Å²) in [6.45, 7) is 7.49. The Kier molecular flexibility index (Phi) is 3.49. The Morgan fingerprint density at radius 1 is 1.17 bits per heavy atom. The van der Waals surface area contributed by atoms with Crippen molar-refractivity contribution in [1.29, 1.82) is 0 Å². The van der Waals surface area contributed by atoms with Crippen LogP contribution in [0, 0.1) is 13.8 Å². The molecule has 1 amide bonds. The molecule has 3 heterocycles. The lowest BCUT2D eigenvalue weighted by Crippen LogP contribution is -2.61. The first-order chi connectivity index (χ1) is 11.1. The lowest BCUT2D eigenvalue weighted by Gasteiger charge is -2.46. The van der Waals surface area contributed by atoms with Crippen LogP contribution < -0.4 is 0 Å². The van der Waals surface area contributed by atoms with Crippen LogP contribution in [0.2, 0.25) is 0 Å². The molecule has 120 valence electrons. The minimum Gasteiger partial charge on any atom is -0.466 e. The first kappa shape index (κ1) is 14.5. The predicted molar refractivity (Wildman–Crippen MR) is 88.4 cm³/mol. The number of likely N-dealkylation sites (tertiary alicyclic amines) is 1. The van der Waals surface area contributed by atoms with Gasteiger partial charge in [-0.15, -0.1) is 0 Å². The normalized spacial score (nSPS) is 18.6. The van der Waals surface area contributed by atoms with E-state index in [0.29, 0.717) is 11.6 Å². The van der Waals surface area contributed by atoms with Crippen molar-refractivity contribution >= 4 is 5.91 Å². The van der Waals surface area contributed by atoms with Crippen molar-refractivity contribution in [3.8, 4) is 0 Å². The first-order valence-corrected chi connectivity index (χ1v) is 8.29. The van der Waals surface area contributed by atoms with Gasteiger partial charge in [-0.2, -0.15) is 0 Å². The highest BCUT2D eigenvalue weighted by molar-refractivity contribution is 5.95. The van der Waals surface area contributed by atoms with Crippen molar-refractivity contribution in [2.24, 2.45) is 0 Å². The summed E-state index contributed by atoms with van der Waals surface area (Å²) in [6.07, 6.45) is 1.11. The molecule has 0 radical (unpaired) electrons. The van der Waals surface area contributed by atoms with Crippen LogP contribution in [0.15, 0.2) is 34.7 Å². The van der Waals surface area contributed by atoms with Crippen LogP contribution in [-0.4, -0.2) is 41.4 Å². The molecule has 0 bridgehead atoms. The zero-order valence-corrected chi connectivity index (χ0v) is 13.7. The molecule has 0 atom stereocenters. The Hall–Kier alpha value is -2.07. The van der Waals surface area contributed by atoms with Gasteiger partial charge in [-0.3, -0.25) is 9.69 Å².